The van der Waals surface area contributed by atoms with Gasteiger partial charge in [-0.3, -0.25) is 9.69 Å². The average molecular weight is 379 g/mol. The van der Waals surface area contributed by atoms with E-state index in [1.165, 1.54) is 12.8 Å². The van der Waals surface area contributed by atoms with Crippen LogP contribution in [0.1, 0.15) is 30.1 Å². The van der Waals surface area contributed by atoms with Gasteiger partial charge in [-0.15, -0.1) is 0 Å². The van der Waals surface area contributed by atoms with Crippen molar-refractivity contribution in [1.82, 2.24) is 15.4 Å². The topological polar surface area (TPSA) is 67.6 Å². The standard InChI is InChI=1S/C22H25N3O3/c1-27-17-8-6-7-16(13-17)20(25-11-4-5-12-25)15-23-22(26)14-19-18-9-2-3-10-21(18)28-24-19/h2-3,6-10,13,20H,4-5,11-12,14-15H2,1H3,(H,23,26). The Kier molecular flexibility index (Phi) is 5.58. The number of hydrogen-bond acceptors (Lipinski definition) is 5. The van der Waals surface area contributed by atoms with Crippen LogP contribution in [0.25, 0.3) is 11.0 Å². The highest BCUT2D eigenvalue weighted by Gasteiger charge is 2.24. The van der Waals surface area contributed by atoms with Gasteiger partial charge in [-0.1, -0.05) is 29.4 Å². The summed E-state index contributed by atoms with van der Waals surface area (Å²) in [5, 5.41) is 8.04. The van der Waals surface area contributed by atoms with Gasteiger partial charge in [0, 0.05) is 11.9 Å². The van der Waals surface area contributed by atoms with Crippen molar-refractivity contribution in [3.05, 3.63) is 59.8 Å². The second-order valence-corrected chi connectivity index (χ2v) is 7.14. The Bertz CT molecular complexity index is 947. The molecule has 1 unspecified atom stereocenters. The number of hydrogen-bond donors (Lipinski definition) is 1. The monoisotopic (exact) mass is 379 g/mol. The maximum absolute atomic E-state index is 12.6. The highest BCUT2D eigenvalue weighted by molar-refractivity contribution is 5.86. The van der Waals surface area contributed by atoms with Crippen LogP contribution in [0.15, 0.2) is 53.1 Å². The molecule has 4 rings (SSSR count). The van der Waals surface area contributed by atoms with E-state index in [-0.39, 0.29) is 18.4 Å². The zero-order valence-electron chi connectivity index (χ0n) is 16.1. The zero-order valence-corrected chi connectivity index (χ0v) is 16.1. The molecule has 1 fully saturated rings. The minimum absolute atomic E-state index is 0.0499. The van der Waals surface area contributed by atoms with Crippen LogP contribution in [0.4, 0.5) is 0 Å². The molecule has 6 nitrogen and oxygen atoms in total. The summed E-state index contributed by atoms with van der Waals surface area (Å²) in [4.78, 5) is 15.0. The predicted octanol–water partition coefficient (Wildman–Crippen LogP) is 3.33. The van der Waals surface area contributed by atoms with E-state index in [2.05, 4.69) is 27.5 Å². The molecular formula is C22H25N3O3. The minimum Gasteiger partial charge on any atom is -0.497 e. The maximum atomic E-state index is 12.6. The van der Waals surface area contributed by atoms with Gasteiger partial charge in [0.15, 0.2) is 5.58 Å². The van der Waals surface area contributed by atoms with E-state index in [0.29, 0.717) is 17.8 Å². The molecule has 2 aromatic carbocycles. The van der Waals surface area contributed by atoms with Crippen molar-refractivity contribution in [2.75, 3.05) is 26.7 Å². The van der Waals surface area contributed by atoms with Crippen LogP contribution in [-0.4, -0.2) is 42.7 Å². The molecule has 1 aromatic heterocycles. The summed E-state index contributed by atoms with van der Waals surface area (Å²) in [6.07, 6.45) is 2.60. The summed E-state index contributed by atoms with van der Waals surface area (Å²) >= 11 is 0. The Hall–Kier alpha value is -2.86. The van der Waals surface area contributed by atoms with Gasteiger partial charge in [0.1, 0.15) is 11.4 Å². The van der Waals surface area contributed by atoms with E-state index in [4.69, 9.17) is 9.26 Å². The van der Waals surface area contributed by atoms with Crippen LogP contribution in [-0.2, 0) is 11.2 Å². The number of fused-ring (bicyclic) bond motifs is 1. The molecule has 0 spiro atoms. The lowest BCUT2D eigenvalue weighted by Gasteiger charge is -2.28. The van der Waals surface area contributed by atoms with Crippen LogP contribution in [0.3, 0.4) is 0 Å². The van der Waals surface area contributed by atoms with E-state index in [1.807, 2.05) is 36.4 Å². The largest absolute Gasteiger partial charge is 0.497 e. The van der Waals surface area contributed by atoms with Crippen LogP contribution >= 0.6 is 0 Å². The number of rotatable bonds is 7. The molecule has 1 saturated heterocycles. The quantitative estimate of drug-likeness (QED) is 0.682. The third-order valence-electron chi connectivity index (χ3n) is 5.33. The van der Waals surface area contributed by atoms with Gasteiger partial charge < -0.3 is 14.6 Å². The third kappa shape index (κ3) is 4.02. The third-order valence-corrected chi connectivity index (χ3v) is 5.33. The molecule has 0 bridgehead atoms. The highest BCUT2D eigenvalue weighted by atomic mass is 16.5. The van der Waals surface area contributed by atoms with Gasteiger partial charge in [0.05, 0.1) is 19.6 Å². The number of methoxy groups -OCH3 is 1. The number of nitrogens with one attached hydrogen (secondary N) is 1. The van der Waals surface area contributed by atoms with Gasteiger partial charge in [-0.05, 0) is 55.8 Å². The molecule has 1 aliphatic heterocycles. The van der Waals surface area contributed by atoms with Crippen molar-refractivity contribution in [1.29, 1.82) is 0 Å². The molecule has 0 aliphatic carbocycles. The zero-order chi connectivity index (χ0) is 19.3. The number of nitrogens with zero attached hydrogens (tertiary/aromatic N) is 2. The van der Waals surface area contributed by atoms with Crippen molar-refractivity contribution in [2.45, 2.75) is 25.3 Å². The van der Waals surface area contributed by atoms with E-state index in [9.17, 15) is 4.79 Å². The molecule has 28 heavy (non-hydrogen) atoms. The van der Waals surface area contributed by atoms with Gasteiger partial charge in [-0.2, -0.15) is 0 Å². The van der Waals surface area contributed by atoms with E-state index < -0.39 is 0 Å². The van der Waals surface area contributed by atoms with Crippen molar-refractivity contribution in [3.63, 3.8) is 0 Å². The number of benzene rings is 2. The van der Waals surface area contributed by atoms with Crippen LogP contribution in [0.2, 0.25) is 0 Å². The first kappa shape index (κ1) is 18.5. The summed E-state index contributed by atoms with van der Waals surface area (Å²) in [5.74, 6) is 0.785. The fourth-order valence-electron chi connectivity index (χ4n) is 3.85. The van der Waals surface area contributed by atoms with Crippen molar-refractivity contribution in [3.8, 4) is 5.75 Å². The average Bonchev–Trinajstić information content (AvgIpc) is 3.39. The molecule has 6 heteroatoms. The van der Waals surface area contributed by atoms with Gasteiger partial charge >= 0.3 is 0 Å². The van der Waals surface area contributed by atoms with E-state index >= 15 is 0 Å². The summed E-state index contributed by atoms with van der Waals surface area (Å²) in [6.45, 7) is 2.65. The number of aromatic nitrogens is 1. The summed E-state index contributed by atoms with van der Waals surface area (Å²) in [6, 6.07) is 15.8. The number of carbonyl (C=O) groups excluding carboxylic acids is 1. The predicted molar refractivity (Wildman–Crippen MR) is 107 cm³/mol. The van der Waals surface area contributed by atoms with Gasteiger partial charge in [-0.25, -0.2) is 0 Å². The molecule has 1 amide bonds. The molecule has 0 radical (unpaired) electrons. The van der Waals surface area contributed by atoms with Gasteiger partial charge in [0.2, 0.25) is 5.91 Å². The van der Waals surface area contributed by atoms with Gasteiger partial charge in [0.25, 0.3) is 0 Å². The molecule has 3 aromatic rings. The summed E-state index contributed by atoms with van der Waals surface area (Å²) < 4.78 is 10.7. The van der Waals surface area contributed by atoms with Crippen LogP contribution in [0.5, 0.6) is 5.75 Å². The molecule has 2 heterocycles. The Balaban J connectivity index is 1.45. The fourth-order valence-corrected chi connectivity index (χ4v) is 3.85. The smallest absolute Gasteiger partial charge is 0.226 e. The Morgan fingerprint density at radius 1 is 1.21 bits per heavy atom. The van der Waals surface area contributed by atoms with Crippen LogP contribution in [0, 0.1) is 0 Å². The number of ether oxygens (including phenoxy) is 1. The first-order valence-corrected chi connectivity index (χ1v) is 9.72. The van der Waals surface area contributed by atoms with Crippen LogP contribution < -0.4 is 10.1 Å². The maximum Gasteiger partial charge on any atom is 0.226 e. The number of para-hydroxylation sites is 1. The number of amides is 1. The van der Waals surface area contributed by atoms with E-state index in [0.717, 1.165) is 29.8 Å². The minimum atomic E-state index is -0.0499. The lowest BCUT2D eigenvalue weighted by molar-refractivity contribution is -0.120. The molecular weight excluding hydrogens is 354 g/mol. The summed E-state index contributed by atoms with van der Waals surface area (Å²) in [7, 11) is 1.67. The molecule has 1 aliphatic rings. The molecule has 146 valence electrons. The Morgan fingerprint density at radius 2 is 2.04 bits per heavy atom. The van der Waals surface area contributed by atoms with Crippen molar-refractivity contribution in [2.24, 2.45) is 0 Å². The molecule has 1 atom stereocenters. The number of carbonyl (C=O) groups is 1. The Labute approximate surface area is 164 Å². The normalized spacial score (nSPS) is 15.6. The van der Waals surface area contributed by atoms with E-state index in [1.54, 1.807) is 7.11 Å². The van der Waals surface area contributed by atoms with Crippen molar-refractivity contribution < 1.29 is 14.1 Å². The molecule has 1 N–H and O–H groups in total. The first-order chi connectivity index (χ1) is 13.7. The first-order valence-electron chi connectivity index (χ1n) is 9.72. The highest BCUT2D eigenvalue weighted by Crippen LogP contribution is 2.27. The number of likely N-dealkylation sites (tertiary alicyclic amines) is 1. The fraction of sp³-hybridized carbons (Fsp3) is 0.364. The SMILES string of the molecule is COc1cccc(C(CNC(=O)Cc2noc3ccccc23)N2CCCC2)c1. The lowest BCUT2D eigenvalue weighted by atomic mass is 10.0. The second-order valence-electron chi connectivity index (χ2n) is 7.14. The lowest BCUT2D eigenvalue weighted by Crippen LogP contribution is -2.37. The molecule has 0 saturated carbocycles. The second kappa shape index (κ2) is 8.44. The Morgan fingerprint density at radius 3 is 2.86 bits per heavy atom. The summed E-state index contributed by atoms with van der Waals surface area (Å²) in [5.41, 5.74) is 2.54. The van der Waals surface area contributed by atoms with Crippen molar-refractivity contribution >= 4 is 16.9 Å².